The first-order valence-corrected chi connectivity index (χ1v) is 11.4. The molecule has 3 heterocycles. The molecule has 2 amide bonds. The Morgan fingerprint density at radius 3 is 2.64 bits per heavy atom. The lowest BCUT2D eigenvalue weighted by molar-refractivity contribution is -0.120. The smallest absolute Gasteiger partial charge is 0.244 e. The van der Waals surface area contributed by atoms with Gasteiger partial charge in [0.1, 0.15) is 6.54 Å². The summed E-state index contributed by atoms with van der Waals surface area (Å²) in [6.07, 6.45) is 3.46. The normalized spacial score (nSPS) is 12.8. The zero-order valence-corrected chi connectivity index (χ0v) is 18.4. The fraction of sp³-hybridized carbons (Fsp3) is 0.125. The largest absolute Gasteiger partial charge is 0.323 e. The molecule has 0 saturated heterocycles. The van der Waals surface area contributed by atoms with Crippen molar-refractivity contribution in [2.75, 3.05) is 22.5 Å². The number of hydrogen-bond donors (Lipinski definition) is 1. The molecule has 0 aliphatic carbocycles. The highest BCUT2D eigenvalue weighted by molar-refractivity contribution is 7.99. The van der Waals surface area contributed by atoms with Gasteiger partial charge in [0.25, 0.3) is 0 Å². The first-order valence-electron chi connectivity index (χ1n) is 10.4. The van der Waals surface area contributed by atoms with Crippen LogP contribution in [0.5, 0.6) is 0 Å². The van der Waals surface area contributed by atoms with Crippen molar-refractivity contribution in [1.29, 1.82) is 0 Å². The average Bonchev–Trinajstić information content (AvgIpc) is 3.25. The van der Waals surface area contributed by atoms with E-state index in [4.69, 9.17) is 0 Å². The van der Waals surface area contributed by atoms with E-state index in [0.717, 1.165) is 11.1 Å². The van der Waals surface area contributed by atoms with E-state index in [1.165, 1.54) is 16.7 Å². The number of pyridine rings is 1. The van der Waals surface area contributed by atoms with Gasteiger partial charge in [0.2, 0.25) is 11.8 Å². The summed E-state index contributed by atoms with van der Waals surface area (Å²) in [5.74, 6) is 0.434. The van der Waals surface area contributed by atoms with Crippen molar-refractivity contribution in [3.63, 3.8) is 0 Å². The molecule has 33 heavy (non-hydrogen) atoms. The molecule has 0 spiro atoms. The average molecular weight is 457 g/mol. The summed E-state index contributed by atoms with van der Waals surface area (Å²) in [6.45, 7) is 0.553. The summed E-state index contributed by atoms with van der Waals surface area (Å²) in [4.78, 5) is 30.9. The van der Waals surface area contributed by atoms with Crippen LogP contribution in [0.3, 0.4) is 0 Å². The predicted octanol–water partition coefficient (Wildman–Crippen LogP) is 3.47. The van der Waals surface area contributed by atoms with Crippen LogP contribution in [0.4, 0.5) is 11.4 Å². The molecule has 0 fully saturated rings. The van der Waals surface area contributed by atoms with Crippen LogP contribution in [-0.2, 0) is 16.1 Å². The summed E-state index contributed by atoms with van der Waals surface area (Å²) in [5.41, 5.74) is 3.28. The van der Waals surface area contributed by atoms with Gasteiger partial charge in [-0.3, -0.25) is 19.1 Å². The number of para-hydroxylation sites is 2. The molecule has 5 rings (SSSR count). The number of amides is 2. The number of nitrogens with one attached hydrogen (secondary N) is 1. The van der Waals surface area contributed by atoms with Crippen LogP contribution in [-0.4, -0.2) is 43.9 Å². The lowest BCUT2D eigenvalue weighted by Gasteiger charge is -2.29. The van der Waals surface area contributed by atoms with Crippen molar-refractivity contribution < 1.29 is 9.59 Å². The van der Waals surface area contributed by atoms with Crippen molar-refractivity contribution in [1.82, 2.24) is 19.7 Å². The van der Waals surface area contributed by atoms with Crippen molar-refractivity contribution in [3.8, 4) is 11.4 Å². The van der Waals surface area contributed by atoms with Crippen LogP contribution in [0.2, 0.25) is 0 Å². The fourth-order valence-electron chi connectivity index (χ4n) is 3.67. The monoisotopic (exact) mass is 456 g/mol. The second kappa shape index (κ2) is 9.25. The Morgan fingerprint density at radius 2 is 1.82 bits per heavy atom. The lowest BCUT2D eigenvalue weighted by atomic mass is 10.2. The van der Waals surface area contributed by atoms with E-state index in [2.05, 4.69) is 20.5 Å². The van der Waals surface area contributed by atoms with Gasteiger partial charge in [0.05, 0.1) is 23.7 Å². The maximum Gasteiger partial charge on any atom is 0.244 e. The fourth-order valence-corrected chi connectivity index (χ4v) is 4.49. The van der Waals surface area contributed by atoms with Gasteiger partial charge < -0.3 is 10.2 Å². The number of benzene rings is 2. The SMILES string of the molecule is O=C1CN(C(=O)CSc2nnc(-c3cccnc3)n2Cc2ccccc2)c2ccccc2N1. The van der Waals surface area contributed by atoms with E-state index >= 15 is 0 Å². The number of rotatable bonds is 6. The predicted molar refractivity (Wildman–Crippen MR) is 127 cm³/mol. The van der Waals surface area contributed by atoms with E-state index in [9.17, 15) is 9.59 Å². The molecule has 0 atom stereocenters. The molecule has 1 N–H and O–H groups in total. The van der Waals surface area contributed by atoms with Gasteiger partial charge in [-0.15, -0.1) is 10.2 Å². The zero-order chi connectivity index (χ0) is 22.6. The van der Waals surface area contributed by atoms with Crippen molar-refractivity contribution in [2.45, 2.75) is 11.7 Å². The highest BCUT2D eigenvalue weighted by Crippen LogP contribution is 2.30. The molecular formula is C24H20N6O2S. The molecule has 0 radical (unpaired) electrons. The summed E-state index contributed by atoms with van der Waals surface area (Å²) < 4.78 is 1.99. The second-order valence-corrected chi connectivity index (χ2v) is 8.40. The number of carbonyl (C=O) groups is 2. The third-order valence-corrected chi connectivity index (χ3v) is 6.17. The summed E-state index contributed by atoms with van der Waals surface area (Å²) in [7, 11) is 0. The Labute approximate surface area is 194 Å². The third-order valence-electron chi connectivity index (χ3n) is 5.22. The highest BCUT2D eigenvalue weighted by atomic mass is 32.2. The van der Waals surface area contributed by atoms with E-state index in [1.807, 2.05) is 65.2 Å². The minimum atomic E-state index is -0.210. The minimum Gasteiger partial charge on any atom is -0.323 e. The quantitative estimate of drug-likeness (QED) is 0.447. The van der Waals surface area contributed by atoms with Gasteiger partial charge in [-0.05, 0) is 29.8 Å². The van der Waals surface area contributed by atoms with Gasteiger partial charge in [-0.2, -0.15) is 0 Å². The number of thioether (sulfide) groups is 1. The van der Waals surface area contributed by atoms with Crippen LogP contribution in [0.15, 0.2) is 84.3 Å². The molecule has 8 nitrogen and oxygen atoms in total. The molecule has 9 heteroatoms. The molecule has 1 aliphatic heterocycles. The molecule has 4 aromatic rings. The molecule has 0 unspecified atom stereocenters. The summed E-state index contributed by atoms with van der Waals surface area (Å²) in [6, 6.07) is 21.1. The standard InChI is InChI=1S/C24H20N6O2S/c31-21-15-29(20-11-5-4-10-19(20)26-21)22(32)16-33-24-28-27-23(18-9-6-12-25-13-18)30(24)14-17-7-2-1-3-8-17/h1-13H,14-16H2,(H,26,31). The van der Waals surface area contributed by atoms with E-state index in [-0.39, 0.29) is 24.1 Å². The van der Waals surface area contributed by atoms with Crippen LogP contribution in [0, 0.1) is 0 Å². The van der Waals surface area contributed by atoms with E-state index in [0.29, 0.717) is 28.9 Å². The van der Waals surface area contributed by atoms with Gasteiger partial charge in [-0.1, -0.05) is 54.2 Å². The zero-order valence-electron chi connectivity index (χ0n) is 17.6. The number of anilines is 2. The number of hydrogen-bond acceptors (Lipinski definition) is 6. The Kier molecular flexibility index (Phi) is 5.86. The number of fused-ring (bicyclic) bond motifs is 1. The highest BCUT2D eigenvalue weighted by Gasteiger charge is 2.27. The minimum absolute atomic E-state index is 0.00591. The summed E-state index contributed by atoms with van der Waals surface area (Å²) in [5, 5.41) is 12.2. The van der Waals surface area contributed by atoms with Crippen LogP contribution < -0.4 is 10.2 Å². The van der Waals surface area contributed by atoms with Gasteiger partial charge in [0, 0.05) is 18.0 Å². The first kappa shape index (κ1) is 20.9. The van der Waals surface area contributed by atoms with Crippen LogP contribution >= 0.6 is 11.8 Å². The summed E-state index contributed by atoms with van der Waals surface area (Å²) >= 11 is 1.31. The number of aromatic nitrogens is 4. The molecule has 1 aliphatic rings. The van der Waals surface area contributed by atoms with Crippen LogP contribution in [0.25, 0.3) is 11.4 Å². The molecule has 0 saturated carbocycles. The topological polar surface area (TPSA) is 93.0 Å². The number of carbonyl (C=O) groups excluding carboxylic acids is 2. The van der Waals surface area contributed by atoms with Gasteiger partial charge in [-0.25, -0.2) is 0 Å². The molecule has 0 bridgehead atoms. The third kappa shape index (κ3) is 4.49. The Hall–Kier alpha value is -3.98. The van der Waals surface area contributed by atoms with Gasteiger partial charge in [0.15, 0.2) is 11.0 Å². The Bertz CT molecular complexity index is 1290. The molecule has 164 valence electrons. The van der Waals surface area contributed by atoms with Crippen molar-refractivity contribution >= 4 is 35.0 Å². The lowest BCUT2D eigenvalue weighted by Crippen LogP contribution is -2.43. The van der Waals surface area contributed by atoms with Crippen molar-refractivity contribution in [3.05, 3.63) is 84.7 Å². The Morgan fingerprint density at radius 1 is 1.00 bits per heavy atom. The van der Waals surface area contributed by atoms with E-state index < -0.39 is 0 Å². The molecule has 2 aromatic carbocycles. The molecule has 2 aromatic heterocycles. The van der Waals surface area contributed by atoms with Crippen LogP contribution in [0.1, 0.15) is 5.56 Å². The van der Waals surface area contributed by atoms with Crippen molar-refractivity contribution in [2.24, 2.45) is 0 Å². The maximum absolute atomic E-state index is 13.1. The Balaban J connectivity index is 1.40. The maximum atomic E-state index is 13.1. The second-order valence-electron chi connectivity index (χ2n) is 7.45. The van der Waals surface area contributed by atoms with E-state index in [1.54, 1.807) is 18.5 Å². The first-order chi connectivity index (χ1) is 16.2. The van der Waals surface area contributed by atoms with Gasteiger partial charge >= 0.3 is 0 Å². The number of nitrogens with zero attached hydrogens (tertiary/aromatic N) is 5. The molecular weight excluding hydrogens is 436 g/mol.